The number of carbonyl (C=O) groups excluding carboxylic acids is 7. The molecule has 0 aromatic heterocycles. The number of carboxylic acid groups (broad SMARTS) is 2. The fraction of sp³-hybridized carbons (Fsp3) is 0.649. The van der Waals surface area contributed by atoms with E-state index in [1.165, 1.54) is 0 Å². The second kappa shape index (κ2) is 24.9. The van der Waals surface area contributed by atoms with E-state index in [2.05, 4.69) is 37.2 Å². The molecular formula is C37H57N7O11. The van der Waals surface area contributed by atoms with Gasteiger partial charge in [0.15, 0.2) is 0 Å². The van der Waals surface area contributed by atoms with Crippen LogP contribution in [-0.2, 0) is 43.2 Å². The minimum Gasteiger partial charge on any atom is -0.481 e. The maximum absolute atomic E-state index is 12.8. The summed E-state index contributed by atoms with van der Waals surface area (Å²) in [5.41, 5.74) is 1.71. The summed E-state index contributed by atoms with van der Waals surface area (Å²) in [5.74, 6) is -5.93. The number of allylic oxidation sites excluding steroid dienone is 2. The molecule has 0 saturated heterocycles. The highest BCUT2D eigenvalue weighted by Gasteiger charge is 2.29. The summed E-state index contributed by atoms with van der Waals surface area (Å²) < 4.78 is 0. The Morgan fingerprint density at radius 3 is 1.91 bits per heavy atom. The Kier molecular flexibility index (Phi) is 20.8. The third-order valence-electron chi connectivity index (χ3n) is 9.42. The smallest absolute Gasteiger partial charge is 0.326 e. The molecule has 18 heteroatoms. The summed E-state index contributed by atoms with van der Waals surface area (Å²) in [6, 6.07) is -2.62. The van der Waals surface area contributed by atoms with Gasteiger partial charge in [-0.15, -0.1) is 0 Å². The number of rotatable bonds is 24. The van der Waals surface area contributed by atoms with Crippen molar-refractivity contribution < 1.29 is 53.4 Å². The molecule has 0 aromatic carbocycles. The average Bonchev–Trinajstić information content (AvgIpc) is 3.16. The minimum absolute atomic E-state index is 0.00605. The fourth-order valence-electron chi connectivity index (χ4n) is 6.22. The Morgan fingerprint density at radius 2 is 1.29 bits per heavy atom. The Labute approximate surface area is 320 Å². The van der Waals surface area contributed by atoms with Gasteiger partial charge in [-0.05, 0) is 84.0 Å². The quantitative estimate of drug-likeness (QED) is 0.0586. The number of hydrogen-bond donors (Lipinski definition) is 9. The second-order valence-corrected chi connectivity index (χ2v) is 13.9. The molecule has 0 aromatic rings. The highest BCUT2D eigenvalue weighted by molar-refractivity contribution is 5.96. The number of nitrogens with one attached hydrogen (secondary N) is 7. The first kappa shape index (κ1) is 45.9. The molecule has 306 valence electrons. The Balaban J connectivity index is 1.67. The van der Waals surface area contributed by atoms with E-state index in [0.29, 0.717) is 70.0 Å². The van der Waals surface area contributed by atoms with Gasteiger partial charge >= 0.3 is 11.9 Å². The van der Waals surface area contributed by atoms with Gasteiger partial charge in [-0.3, -0.25) is 38.4 Å². The van der Waals surface area contributed by atoms with E-state index in [-0.39, 0.29) is 48.8 Å². The highest BCUT2D eigenvalue weighted by atomic mass is 16.4. The molecule has 18 nitrogen and oxygen atoms in total. The van der Waals surface area contributed by atoms with Gasteiger partial charge in [0.1, 0.15) is 12.1 Å². The topological polar surface area (TPSA) is 278 Å². The molecule has 55 heavy (non-hydrogen) atoms. The molecule has 0 bridgehead atoms. The highest BCUT2D eigenvalue weighted by Crippen LogP contribution is 2.29. The van der Waals surface area contributed by atoms with Crippen molar-refractivity contribution in [3.8, 4) is 0 Å². The summed E-state index contributed by atoms with van der Waals surface area (Å²) in [5, 5.41) is 36.3. The van der Waals surface area contributed by atoms with Crippen LogP contribution in [0, 0.1) is 11.8 Å². The Hall–Kier alpha value is -5.29. The second-order valence-electron chi connectivity index (χ2n) is 13.9. The fourth-order valence-corrected chi connectivity index (χ4v) is 6.22. The van der Waals surface area contributed by atoms with Crippen LogP contribution < -0.4 is 37.2 Å². The summed E-state index contributed by atoms with van der Waals surface area (Å²) in [4.78, 5) is 109. The van der Waals surface area contributed by atoms with E-state index < -0.39 is 67.2 Å². The zero-order valence-electron chi connectivity index (χ0n) is 31.8. The molecule has 7 amide bonds. The molecule has 0 unspecified atom stereocenters. The number of aliphatic carboxylic acids is 2. The molecule has 0 heterocycles. The first-order chi connectivity index (χ1) is 26.2. The van der Waals surface area contributed by atoms with Crippen LogP contribution in [0.3, 0.4) is 0 Å². The van der Waals surface area contributed by atoms with Crippen LogP contribution >= 0.6 is 0 Å². The molecule has 2 aliphatic rings. The third kappa shape index (κ3) is 18.5. The summed E-state index contributed by atoms with van der Waals surface area (Å²) in [7, 11) is 1.60. The summed E-state index contributed by atoms with van der Waals surface area (Å²) in [6.07, 6.45) is 9.11. The molecule has 2 atom stereocenters. The first-order valence-corrected chi connectivity index (χ1v) is 18.9. The normalized spacial score (nSPS) is 17.5. The maximum atomic E-state index is 12.8. The zero-order chi connectivity index (χ0) is 40.8. The van der Waals surface area contributed by atoms with Gasteiger partial charge in [-0.1, -0.05) is 17.7 Å². The van der Waals surface area contributed by atoms with Crippen LogP contribution in [0.1, 0.15) is 96.8 Å². The molecular weight excluding hydrogens is 718 g/mol. The van der Waals surface area contributed by atoms with Gasteiger partial charge in [-0.25, -0.2) is 4.79 Å². The van der Waals surface area contributed by atoms with E-state index in [9.17, 15) is 48.3 Å². The van der Waals surface area contributed by atoms with Crippen LogP contribution in [0.4, 0.5) is 0 Å². The van der Waals surface area contributed by atoms with Crippen molar-refractivity contribution in [3.63, 3.8) is 0 Å². The van der Waals surface area contributed by atoms with Crippen molar-refractivity contribution in [2.75, 3.05) is 33.2 Å². The van der Waals surface area contributed by atoms with Crippen molar-refractivity contribution in [1.29, 1.82) is 0 Å². The predicted octanol–water partition coefficient (Wildman–Crippen LogP) is -0.0703. The number of carboxylic acids is 2. The van der Waals surface area contributed by atoms with E-state index >= 15 is 0 Å². The van der Waals surface area contributed by atoms with Crippen molar-refractivity contribution in [1.82, 2.24) is 37.2 Å². The van der Waals surface area contributed by atoms with E-state index in [1.54, 1.807) is 7.05 Å². The van der Waals surface area contributed by atoms with Gasteiger partial charge in [-0.2, -0.15) is 0 Å². The van der Waals surface area contributed by atoms with Crippen LogP contribution in [0.2, 0.25) is 0 Å². The predicted molar refractivity (Wildman–Crippen MR) is 199 cm³/mol. The lowest BCUT2D eigenvalue weighted by Gasteiger charge is -2.26. The third-order valence-corrected chi connectivity index (χ3v) is 9.42. The standard InChI is InChI=1S/C37H57N7O11/c1-23-8-7-9-26(20-23)35(52)40-18-5-3-10-28(37(54)55)44-31(47)22-42-36(53)27(16-17-32(48)49)43-30(46)21-41-29(45)11-4-6-19-39-34(51)25-14-12-24(13-15-25)33(50)38-2/h9,20,24-25,27-28H,3-8,10-19,21-22H2,1-2H3,(H,38,50)(H,39,51)(H,40,52)(H,41,45)(H,42,53)(H,43,46)(H,44,47)(H,48,49)(H,54,55)/t24?,25?,27-,28-/m1/s1. The molecule has 0 spiro atoms. The first-order valence-electron chi connectivity index (χ1n) is 18.9. The van der Waals surface area contributed by atoms with Crippen LogP contribution in [0.15, 0.2) is 23.3 Å². The molecule has 1 saturated carbocycles. The van der Waals surface area contributed by atoms with E-state index in [0.717, 1.165) is 18.4 Å². The van der Waals surface area contributed by atoms with Gasteiger partial charge < -0.3 is 47.4 Å². The molecule has 2 rings (SSSR count). The molecule has 9 N–H and O–H groups in total. The zero-order valence-corrected chi connectivity index (χ0v) is 31.8. The minimum atomic E-state index is -1.36. The van der Waals surface area contributed by atoms with Crippen LogP contribution in [0.25, 0.3) is 0 Å². The lowest BCUT2D eigenvalue weighted by atomic mass is 9.81. The molecule has 0 radical (unpaired) electrons. The van der Waals surface area contributed by atoms with Gasteiger partial charge in [0.25, 0.3) is 5.91 Å². The van der Waals surface area contributed by atoms with Crippen LogP contribution in [-0.4, -0.2) is 109 Å². The maximum Gasteiger partial charge on any atom is 0.326 e. The monoisotopic (exact) mass is 775 g/mol. The summed E-state index contributed by atoms with van der Waals surface area (Å²) in [6.45, 7) is 1.50. The van der Waals surface area contributed by atoms with Gasteiger partial charge in [0.05, 0.1) is 13.1 Å². The number of unbranched alkanes of at least 4 members (excludes halogenated alkanes) is 2. The summed E-state index contributed by atoms with van der Waals surface area (Å²) >= 11 is 0. The van der Waals surface area contributed by atoms with E-state index in [1.807, 2.05) is 19.1 Å². The molecule has 2 aliphatic carbocycles. The largest absolute Gasteiger partial charge is 0.481 e. The molecule has 1 fully saturated rings. The van der Waals surface area contributed by atoms with Gasteiger partial charge in [0, 0.05) is 50.4 Å². The van der Waals surface area contributed by atoms with E-state index in [4.69, 9.17) is 5.11 Å². The Bertz CT molecular complexity index is 1450. The van der Waals surface area contributed by atoms with Crippen molar-refractivity contribution in [3.05, 3.63) is 23.3 Å². The van der Waals surface area contributed by atoms with Crippen molar-refractivity contribution in [2.24, 2.45) is 11.8 Å². The van der Waals surface area contributed by atoms with Crippen molar-refractivity contribution in [2.45, 2.75) is 109 Å². The number of amides is 7. The van der Waals surface area contributed by atoms with Crippen molar-refractivity contribution >= 4 is 53.3 Å². The lowest BCUT2D eigenvalue weighted by molar-refractivity contribution is -0.142. The number of hydrogen-bond acceptors (Lipinski definition) is 9. The van der Waals surface area contributed by atoms with Crippen LogP contribution in [0.5, 0.6) is 0 Å². The molecule has 0 aliphatic heterocycles. The average molecular weight is 776 g/mol. The Morgan fingerprint density at radius 1 is 0.691 bits per heavy atom. The van der Waals surface area contributed by atoms with Gasteiger partial charge in [0.2, 0.25) is 35.4 Å². The number of carbonyl (C=O) groups is 9. The SMILES string of the molecule is CNC(=O)C1CCC(C(=O)NCCCCC(=O)NCC(=O)N[C@H](CCC(=O)O)C(=O)NCC(=O)N[C@H](CCCCNC(=O)C2=CCCC(C)=C2)C(=O)O)CC1. The lowest BCUT2D eigenvalue weighted by Crippen LogP contribution is -2.52.